The molecule has 4 rings (SSSR count). The average Bonchev–Trinajstić information content (AvgIpc) is 2.90. The van der Waals surface area contributed by atoms with Gasteiger partial charge in [-0.15, -0.1) is 0 Å². The van der Waals surface area contributed by atoms with Crippen molar-refractivity contribution in [2.45, 2.75) is 38.9 Å². The lowest BCUT2D eigenvalue weighted by molar-refractivity contribution is 0.00578. The Labute approximate surface area is 162 Å². The van der Waals surface area contributed by atoms with Gasteiger partial charge in [-0.3, -0.25) is 0 Å². The van der Waals surface area contributed by atoms with Crippen LogP contribution in [0.1, 0.15) is 27.7 Å². The number of hydrogen-bond donors (Lipinski definition) is 0. The Morgan fingerprint density at radius 3 is 1.67 bits per heavy atom. The largest absolute Gasteiger partial charge is 0.495 e. The number of benzene rings is 3. The summed E-state index contributed by atoms with van der Waals surface area (Å²) in [5.74, 6) is 0. The van der Waals surface area contributed by atoms with E-state index in [4.69, 9.17) is 9.31 Å². The van der Waals surface area contributed by atoms with Gasteiger partial charge in [0.15, 0.2) is 0 Å². The van der Waals surface area contributed by atoms with Gasteiger partial charge in [0, 0.05) is 0 Å². The first kappa shape index (κ1) is 18.0. The minimum atomic E-state index is -0.395. The van der Waals surface area contributed by atoms with Gasteiger partial charge in [-0.2, -0.15) is 0 Å². The molecule has 0 atom stereocenters. The summed E-state index contributed by atoms with van der Waals surface area (Å²) in [6, 6.07) is 27.4. The van der Waals surface area contributed by atoms with Crippen molar-refractivity contribution < 1.29 is 9.31 Å². The Morgan fingerprint density at radius 1 is 0.593 bits per heavy atom. The molecule has 1 aliphatic rings. The zero-order valence-corrected chi connectivity index (χ0v) is 16.4. The fourth-order valence-electron chi connectivity index (χ4n) is 3.52. The minimum Gasteiger partial charge on any atom is -0.399 e. The average molecular weight is 356 g/mol. The van der Waals surface area contributed by atoms with E-state index in [-0.39, 0.29) is 11.2 Å². The van der Waals surface area contributed by atoms with E-state index < -0.39 is 7.12 Å². The molecule has 0 amide bonds. The van der Waals surface area contributed by atoms with Gasteiger partial charge in [-0.1, -0.05) is 78.9 Å². The topological polar surface area (TPSA) is 18.5 Å². The van der Waals surface area contributed by atoms with Crippen molar-refractivity contribution in [3.63, 3.8) is 0 Å². The second kappa shape index (κ2) is 6.67. The summed E-state index contributed by atoms with van der Waals surface area (Å²) in [6.07, 6.45) is 0. The fourth-order valence-corrected chi connectivity index (χ4v) is 3.52. The molecule has 1 saturated heterocycles. The molecule has 2 nitrogen and oxygen atoms in total. The van der Waals surface area contributed by atoms with Crippen LogP contribution in [0.2, 0.25) is 0 Å². The smallest absolute Gasteiger partial charge is 0.399 e. The van der Waals surface area contributed by atoms with Gasteiger partial charge in [0.2, 0.25) is 0 Å². The van der Waals surface area contributed by atoms with Crippen molar-refractivity contribution in [1.82, 2.24) is 0 Å². The van der Waals surface area contributed by atoms with Gasteiger partial charge in [0.05, 0.1) is 11.2 Å². The molecular formula is C24H25BO2. The molecule has 0 spiro atoms. The van der Waals surface area contributed by atoms with Gasteiger partial charge >= 0.3 is 7.12 Å². The van der Waals surface area contributed by atoms with Crippen LogP contribution in [0.5, 0.6) is 0 Å². The lowest BCUT2D eigenvalue weighted by Crippen LogP contribution is -2.41. The van der Waals surface area contributed by atoms with Gasteiger partial charge < -0.3 is 9.31 Å². The number of rotatable bonds is 3. The summed E-state index contributed by atoms with van der Waals surface area (Å²) in [5.41, 5.74) is 5.05. The van der Waals surface area contributed by atoms with Crippen LogP contribution in [0.25, 0.3) is 22.3 Å². The second-order valence-electron chi connectivity index (χ2n) is 8.09. The van der Waals surface area contributed by atoms with Gasteiger partial charge in [-0.25, -0.2) is 0 Å². The van der Waals surface area contributed by atoms with Crippen LogP contribution in [0.4, 0.5) is 0 Å². The molecule has 1 heterocycles. The zero-order valence-electron chi connectivity index (χ0n) is 16.4. The maximum Gasteiger partial charge on any atom is 0.495 e. The Kier molecular flexibility index (Phi) is 4.45. The highest BCUT2D eigenvalue weighted by atomic mass is 16.7. The third kappa shape index (κ3) is 3.22. The fraction of sp³-hybridized carbons (Fsp3) is 0.250. The van der Waals surface area contributed by atoms with E-state index in [1.165, 1.54) is 22.3 Å². The Hall–Kier alpha value is -2.36. The van der Waals surface area contributed by atoms with Crippen LogP contribution in [0, 0.1) is 0 Å². The Balaban J connectivity index is 1.91. The molecule has 0 N–H and O–H groups in total. The molecule has 0 radical (unpaired) electrons. The quantitative estimate of drug-likeness (QED) is 0.592. The maximum absolute atomic E-state index is 6.38. The van der Waals surface area contributed by atoms with E-state index in [1.807, 2.05) is 12.1 Å². The second-order valence-corrected chi connectivity index (χ2v) is 8.09. The van der Waals surface area contributed by atoms with Gasteiger partial charge in [0.1, 0.15) is 0 Å². The molecule has 3 aromatic carbocycles. The Morgan fingerprint density at radius 2 is 1.11 bits per heavy atom. The first-order valence-electron chi connectivity index (χ1n) is 9.48. The first-order valence-corrected chi connectivity index (χ1v) is 9.48. The van der Waals surface area contributed by atoms with Crippen LogP contribution in [0.3, 0.4) is 0 Å². The third-order valence-corrected chi connectivity index (χ3v) is 5.75. The molecule has 27 heavy (non-hydrogen) atoms. The standard InChI is InChI=1S/C24H25BO2/c1-23(2)24(3,4)27-25(26-23)21-17-11-16-20(18-12-7-5-8-13-18)22(21)19-14-9-6-10-15-19/h5-17H,1-4H3. The van der Waals surface area contributed by atoms with Gasteiger partial charge in [-0.05, 0) is 55.4 Å². The summed E-state index contributed by atoms with van der Waals surface area (Å²) in [6.45, 7) is 8.37. The molecule has 136 valence electrons. The lowest BCUT2D eigenvalue weighted by Gasteiger charge is -2.32. The SMILES string of the molecule is CC1(C)OB(c2cccc(-c3ccccc3)c2-c2ccccc2)OC1(C)C. The minimum absolute atomic E-state index is 0.367. The highest BCUT2D eigenvalue weighted by Crippen LogP contribution is 2.38. The summed E-state index contributed by atoms with van der Waals surface area (Å²) >= 11 is 0. The summed E-state index contributed by atoms with van der Waals surface area (Å²) in [5, 5.41) is 0. The normalized spacial score (nSPS) is 17.9. The van der Waals surface area contributed by atoms with Crippen molar-refractivity contribution in [2.24, 2.45) is 0 Å². The zero-order chi connectivity index (χ0) is 19.1. The van der Waals surface area contributed by atoms with Crippen molar-refractivity contribution in [2.75, 3.05) is 0 Å². The van der Waals surface area contributed by atoms with Crippen molar-refractivity contribution in [3.05, 3.63) is 78.9 Å². The highest BCUT2D eigenvalue weighted by Gasteiger charge is 2.52. The number of hydrogen-bond acceptors (Lipinski definition) is 2. The predicted octanol–water partition coefficient (Wildman–Crippen LogP) is 5.32. The molecule has 0 unspecified atom stereocenters. The van der Waals surface area contributed by atoms with Crippen LogP contribution in [-0.4, -0.2) is 18.3 Å². The summed E-state index contributed by atoms with van der Waals surface area (Å²) in [7, 11) is -0.395. The monoisotopic (exact) mass is 356 g/mol. The molecule has 0 bridgehead atoms. The Bertz CT molecular complexity index is 917. The predicted molar refractivity (Wildman–Crippen MR) is 113 cm³/mol. The van der Waals surface area contributed by atoms with E-state index in [0.29, 0.717) is 0 Å². The molecule has 3 aromatic rings. The molecule has 0 saturated carbocycles. The van der Waals surface area contributed by atoms with Crippen LogP contribution in [-0.2, 0) is 9.31 Å². The maximum atomic E-state index is 6.38. The third-order valence-electron chi connectivity index (χ3n) is 5.75. The van der Waals surface area contributed by atoms with Crippen LogP contribution < -0.4 is 5.46 Å². The first-order chi connectivity index (χ1) is 12.9. The molecule has 1 aliphatic heterocycles. The van der Waals surface area contributed by atoms with Gasteiger partial charge in [0.25, 0.3) is 0 Å². The van der Waals surface area contributed by atoms with Crippen LogP contribution in [0.15, 0.2) is 78.9 Å². The lowest BCUT2D eigenvalue weighted by atomic mass is 9.72. The van der Waals surface area contributed by atoms with Crippen molar-refractivity contribution >= 4 is 12.6 Å². The van der Waals surface area contributed by atoms with Crippen molar-refractivity contribution in [1.29, 1.82) is 0 Å². The molecule has 0 aromatic heterocycles. The molecular weight excluding hydrogens is 331 g/mol. The summed E-state index contributed by atoms with van der Waals surface area (Å²) in [4.78, 5) is 0. The van der Waals surface area contributed by atoms with E-state index in [1.54, 1.807) is 0 Å². The highest BCUT2D eigenvalue weighted by molar-refractivity contribution is 6.64. The molecule has 1 fully saturated rings. The van der Waals surface area contributed by atoms with E-state index in [0.717, 1.165) is 5.46 Å². The van der Waals surface area contributed by atoms with Crippen LogP contribution >= 0.6 is 0 Å². The van der Waals surface area contributed by atoms with E-state index >= 15 is 0 Å². The van der Waals surface area contributed by atoms with E-state index in [2.05, 4.69) is 94.4 Å². The van der Waals surface area contributed by atoms with E-state index in [9.17, 15) is 0 Å². The molecule has 3 heteroatoms. The summed E-state index contributed by atoms with van der Waals surface area (Å²) < 4.78 is 12.8. The van der Waals surface area contributed by atoms with Crippen molar-refractivity contribution in [3.8, 4) is 22.3 Å². The molecule has 0 aliphatic carbocycles.